The van der Waals surface area contributed by atoms with Crippen LogP contribution in [0.1, 0.15) is 41.5 Å². The van der Waals surface area contributed by atoms with Crippen LogP contribution in [0.5, 0.6) is 0 Å². The summed E-state index contributed by atoms with van der Waals surface area (Å²) in [7, 11) is 0. The van der Waals surface area contributed by atoms with Crippen LogP contribution in [-0.2, 0) is 0 Å². The minimum absolute atomic E-state index is 1.42. The lowest BCUT2D eigenvalue weighted by atomic mass is 10.3. The van der Waals surface area contributed by atoms with Gasteiger partial charge in [-0.3, -0.25) is 0 Å². The van der Waals surface area contributed by atoms with E-state index in [0.717, 1.165) is 0 Å². The first-order valence-electron chi connectivity index (χ1n) is 3.00. The molecule has 50 valence electrons. The van der Waals surface area contributed by atoms with E-state index in [0.29, 0.717) is 0 Å². The topological polar surface area (TPSA) is 0 Å². The fraction of sp³-hybridized carbons (Fsp3) is 0.750. The summed E-state index contributed by atoms with van der Waals surface area (Å²) in [5, 5.41) is 0. The minimum Gasteiger partial charge on any atom is -0.0597 e. The Morgan fingerprint density at radius 3 is 0.500 bits per heavy atom. The lowest BCUT2D eigenvalue weighted by Gasteiger charge is -1.78. The van der Waals surface area contributed by atoms with E-state index in [1.807, 2.05) is 0 Å². The zero-order valence-electron chi connectivity index (χ0n) is 7.00. The highest BCUT2D eigenvalue weighted by molar-refractivity contribution is 4.65. The quantitative estimate of drug-likeness (QED) is 0.453. The van der Waals surface area contributed by atoms with Gasteiger partial charge < -0.3 is 0 Å². The summed E-state index contributed by atoms with van der Waals surface area (Å²) in [6.07, 6.45) is 0. The summed E-state index contributed by atoms with van der Waals surface area (Å²) in [6.45, 7) is 12.5. The van der Waals surface area contributed by atoms with Gasteiger partial charge in [0.25, 0.3) is 0 Å². The molecule has 2 radical (unpaired) electrons. The predicted molar refractivity (Wildman–Crippen MR) is 40.5 cm³/mol. The normalized spacial score (nSPS) is 9.00. The van der Waals surface area contributed by atoms with E-state index in [9.17, 15) is 0 Å². The Bertz CT molecular complexity index is 15.5. The summed E-state index contributed by atoms with van der Waals surface area (Å²) in [5.41, 5.74) is 0. The van der Waals surface area contributed by atoms with Crippen LogP contribution >= 0.6 is 0 Å². The van der Waals surface area contributed by atoms with Crippen molar-refractivity contribution in [3.8, 4) is 0 Å². The van der Waals surface area contributed by atoms with Gasteiger partial charge in [-0.25, -0.2) is 0 Å². The maximum Gasteiger partial charge on any atom is -0.0334 e. The van der Waals surface area contributed by atoms with Crippen LogP contribution in [-0.4, -0.2) is 0 Å². The Morgan fingerprint density at radius 2 is 0.500 bits per heavy atom. The fourth-order valence-electron chi connectivity index (χ4n) is 0. The molecule has 0 fully saturated rings. The van der Waals surface area contributed by atoms with Crippen LogP contribution in [0.15, 0.2) is 0 Å². The maximum absolute atomic E-state index is 2.08. The minimum atomic E-state index is 1.42. The maximum atomic E-state index is 2.08. The highest BCUT2D eigenvalue weighted by Crippen LogP contribution is 1.85. The van der Waals surface area contributed by atoms with Crippen molar-refractivity contribution in [3.63, 3.8) is 0 Å². The number of hydrogen-bond acceptors (Lipinski definition) is 0. The molecule has 0 aromatic rings. The molecule has 0 aliphatic carbocycles. The van der Waals surface area contributed by atoms with Crippen LogP contribution in [0.4, 0.5) is 0 Å². The van der Waals surface area contributed by atoms with E-state index in [2.05, 4.69) is 41.5 Å². The van der Waals surface area contributed by atoms with E-state index in [4.69, 9.17) is 0 Å². The first-order valence-corrected chi connectivity index (χ1v) is 3.00. The van der Waals surface area contributed by atoms with Gasteiger partial charge in [-0.1, -0.05) is 41.5 Å². The molecule has 0 spiro atoms. The van der Waals surface area contributed by atoms with E-state index >= 15 is 0 Å². The zero-order chi connectivity index (χ0) is 7.15. The Balaban J connectivity index is 0. The van der Waals surface area contributed by atoms with Gasteiger partial charge in [0.1, 0.15) is 0 Å². The lowest BCUT2D eigenvalue weighted by Crippen LogP contribution is -1.62. The third kappa shape index (κ3) is 0. The molecule has 0 aromatic carbocycles. The van der Waals surface area contributed by atoms with Gasteiger partial charge in [0, 0.05) is 0 Å². The fourth-order valence-corrected chi connectivity index (χ4v) is 0. The molecule has 0 aliphatic heterocycles. The van der Waals surface area contributed by atoms with Crippen molar-refractivity contribution in [2.45, 2.75) is 41.5 Å². The van der Waals surface area contributed by atoms with Crippen molar-refractivity contribution in [2.75, 3.05) is 0 Å². The van der Waals surface area contributed by atoms with Crippen LogP contribution in [0.3, 0.4) is 0 Å². The molecule has 0 N–H and O–H groups in total. The van der Waals surface area contributed by atoms with E-state index < -0.39 is 0 Å². The zero-order valence-corrected chi connectivity index (χ0v) is 7.00. The Hall–Kier alpha value is 0. The van der Waals surface area contributed by atoms with Gasteiger partial charge in [0.05, 0.1) is 0 Å². The summed E-state index contributed by atoms with van der Waals surface area (Å²) in [4.78, 5) is 0. The molecule has 0 bridgehead atoms. The van der Waals surface area contributed by atoms with E-state index in [-0.39, 0.29) is 0 Å². The van der Waals surface area contributed by atoms with Crippen molar-refractivity contribution in [1.82, 2.24) is 0 Å². The van der Waals surface area contributed by atoms with Gasteiger partial charge in [-0.05, 0) is 11.8 Å². The second kappa shape index (κ2) is 7.00. The molecular weight excluding hydrogens is 96.1 g/mol. The second-order valence-corrected chi connectivity index (χ2v) is 3.00. The van der Waals surface area contributed by atoms with E-state index in [1.165, 1.54) is 11.8 Å². The molecule has 0 unspecified atom stereocenters. The Morgan fingerprint density at radius 1 is 0.500 bits per heavy atom. The molecule has 0 heteroatoms. The Labute approximate surface area is 54.3 Å². The van der Waals surface area contributed by atoms with Crippen LogP contribution in [0.2, 0.25) is 0 Å². The molecule has 8 heavy (non-hydrogen) atoms. The number of hydrogen-bond donors (Lipinski definition) is 0. The molecule has 0 nitrogen and oxygen atoms in total. The van der Waals surface area contributed by atoms with Crippen molar-refractivity contribution in [2.24, 2.45) is 0 Å². The first-order chi connectivity index (χ1) is 3.46. The third-order valence-electron chi connectivity index (χ3n) is 0. The summed E-state index contributed by atoms with van der Waals surface area (Å²) < 4.78 is 0. The Kier molecular flexibility index (Phi) is 9.53. The largest absolute Gasteiger partial charge is 0.0597 e. The van der Waals surface area contributed by atoms with Crippen LogP contribution < -0.4 is 0 Å². The molecule has 0 atom stereocenters. The summed E-state index contributed by atoms with van der Waals surface area (Å²) >= 11 is 0. The SMILES string of the molecule is C[C](C)C.C[C](C)C. The number of rotatable bonds is 0. The highest BCUT2D eigenvalue weighted by Gasteiger charge is 1.69. The monoisotopic (exact) mass is 114 g/mol. The molecule has 0 heterocycles. The molecule has 0 aromatic heterocycles. The average Bonchev–Trinajstić information content (AvgIpc) is 1.25. The summed E-state index contributed by atoms with van der Waals surface area (Å²) in [6, 6.07) is 0. The van der Waals surface area contributed by atoms with Crippen molar-refractivity contribution >= 4 is 0 Å². The van der Waals surface area contributed by atoms with Gasteiger partial charge in [-0.2, -0.15) is 0 Å². The van der Waals surface area contributed by atoms with Gasteiger partial charge in [0.2, 0.25) is 0 Å². The average molecular weight is 114 g/mol. The van der Waals surface area contributed by atoms with Gasteiger partial charge in [0.15, 0.2) is 0 Å². The highest BCUT2D eigenvalue weighted by atomic mass is 13.7. The van der Waals surface area contributed by atoms with Crippen molar-refractivity contribution in [3.05, 3.63) is 11.8 Å². The lowest BCUT2D eigenvalue weighted by molar-refractivity contribution is 1.10. The summed E-state index contributed by atoms with van der Waals surface area (Å²) in [5.74, 6) is 2.83. The van der Waals surface area contributed by atoms with Crippen LogP contribution in [0, 0.1) is 11.8 Å². The van der Waals surface area contributed by atoms with Crippen LogP contribution in [0.25, 0.3) is 0 Å². The molecule has 0 rings (SSSR count). The van der Waals surface area contributed by atoms with Gasteiger partial charge >= 0.3 is 0 Å². The third-order valence-corrected chi connectivity index (χ3v) is 0. The first kappa shape index (κ1) is 10.9. The van der Waals surface area contributed by atoms with Gasteiger partial charge in [-0.15, -0.1) is 0 Å². The van der Waals surface area contributed by atoms with E-state index in [1.54, 1.807) is 0 Å². The van der Waals surface area contributed by atoms with Crippen molar-refractivity contribution < 1.29 is 0 Å². The second-order valence-electron chi connectivity index (χ2n) is 3.00. The molecule has 0 saturated carbocycles. The molecule has 0 amide bonds. The predicted octanol–water partition coefficient (Wildman–Crippen LogP) is 3.24. The molecule has 0 saturated heterocycles. The van der Waals surface area contributed by atoms with Crippen molar-refractivity contribution in [1.29, 1.82) is 0 Å². The molecule has 0 aliphatic rings. The standard InChI is InChI=1S/2C4H9/c2*1-4(2)3/h2*1-3H3. The molecular formula is C8H18. The smallest absolute Gasteiger partial charge is 0.0334 e.